The molecule has 1 saturated carbocycles. The molecule has 0 aromatic heterocycles. The van der Waals surface area contributed by atoms with Gasteiger partial charge in [-0.2, -0.15) is 5.26 Å². The van der Waals surface area contributed by atoms with E-state index < -0.39 is 29.7 Å². The van der Waals surface area contributed by atoms with Gasteiger partial charge in [-0.15, -0.1) is 0 Å². The second-order valence-electron chi connectivity index (χ2n) is 13.4. The summed E-state index contributed by atoms with van der Waals surface area (Å²) < 4.78 is 6.06. The third-order valence-electron chi connectivity index (χ3n) is 9.72. The van der Waals surface area contributed by atoms with E-state index in [0.29, 0.717) is 28.4 Å². The summed E-state index contributed by atoms with van der Waals surface area (Å²) in [6.45, 7) is 1.52. The first-order valence-corrected chi connectivity index (χ1v) is 18.2. The van der Waals surface area contributed by atoms with Crippen LogP contribution in [0.5, 0.6) is 5.75 Å². The minimum Gasteiger partial charge on any atom is -0.490 e. The van der Waals surface area contributed by atoms with Crippen molar-refractivity contribution in [2.24, 2.45) is 0 Å². The van der Waals surface area contributed by atoms with E-state index in [1.807, 2.05) is 30.3 Å². The molecule has 0 spiro atoms. The summed E-state index contributed by atoms with van der Waals surface area (Å²) in [5, 5.41) is 21.5. The molecule has 1 atom stereocenters. The molecule has 6 rings (SSSR count). The average Bonchev–Trinajstić information content (AvgIpc) is 3.38. The molecule has 2 aliphatic heterocycles. The largest absolute Gasteiger partial charge is 0.490 e. The normalized spacial score (nSPS) is 19.8. The van der Waals surface area contributed by atoms with Crippen LogP contribution in [0.2, 0.25) is 5.02 Å². The van der Waals surface area contributed by atoms with Crippen molar-refractivity contribution in [3.05, 3.63) is 87.9 Å². The number of anilines is 2. The Morgan fingerprint density at radius 1 is 0.827 bits per heavy atom. The molecule has 13 heteroatoms. The van der Waals surface area contributed by atoms with Gasteiger partial charge in [0, 0.05) is 48.6 Å². The van der Waals surface area contributed by atoms with Gasteiger partial charge in [0.25, 0.3) is 17.7 Å². The third kappa shape index (κ3) is 8.72. The molecular formula is C39H41ClN6O6. The van der Waals surface area contributed by atoms with Crippen molar-refractivity contribution < 1.29 is 28.7 Å². The fraction of sp³-hybridized carbons (Fsp3) is 0.385. The highest BCUT2D eigenvalue weighted by atomic mass is 35.5. The van der Waals surface area contributed by atoms with Gasteiger partial charge in [-0.05, 0) is 99.5 Å². The number of hydrogen-bond acceptors (Lipinski definition) is 9. The van der Waals surface area contributed by atoms with Crippen molar-refractivity contribution in [3.8, 4) is 11.8 Å². The van der Waals surface area contributed by atoms with Crippen molar-refractivity contribution in [1.29, 1.82) is 5.26 Å². The topological polar surface area (TPSA) is 170 Å². The minimum atomic E-state index is -0.977. The lowest BCUT2D eigenvalue weighted by Gasteiger charge is -2.29. The second kappa shape index (κ2) is 16.7. The first-order valence-electron chi connectivity index (χ1n) is 17.8. The number of nitrogens with one attached hydrogen (secondary N) is 4. The number of amides is 5. The number of carbonyl (C=O) groups excluding carboxylic acids is 5. The summed E-state index contributed by atoms with van der Waals surface area (Å²) in [5.41, 5.74) is 3.25. The van der Waals surface area contributed by atoms with Gasteiger partial charge < -0.3 is 20.7 Å². The van der Waals surface area contributed by atoms with Crippen LogP contribution in [0.1, 0.15) is 101 Å². The predicted octanol–water partition coefficient (Wildman–Crippen LogP) is 5.82. The van der Waals surface area contributed by atoms with Crippen LogP contribution in [0.15, 0.2) is 60.7 Å². The summed E-state index contributed by atoms with van der Waals surface area (Å²) in [7, 11) is 0. The van der Waals surface area contributed by atoms with Crippen molar-refractivity contribution in [1.82, 2.24) is 15.5 Å². The number of halogens is 1. The van der Waals surface area contributed by atoms with Crippen LogP contribution < -0.4 is 26.0 Å². The van der Waals surface area contributed by atoms with Crippen LogP contribution >= 0.6 is 11.6 Å². The van der Waals surface area contributed by atoms with Gasteiger partial charge in [-0.1, -0.05) is 24.4 Å². The summed E-state index contributed by atoms with van der Waals surface area (Å²) in [6.07, 6.45) is 7.48. The van der Waals surface area contributed by atoms with E-state index in [0.717, 1.165) is 74.2 Å². The SMILES string of the molecule is N#Cc1ccc(OC2CCC(NC(=O)c3ccc(NCCCCCCNc4ccc5c(c4)C(=O)N(C4CCC(=O)NC4=O)C5=O)cc3)CC2)cc1Cl. The molecule has 1 aliphatic carbocycles. The maximum Gasteiger partial charge on any atom is 0.262 e. The Balaban J connectivity index is 0.838. The lowest BCUT2D eigenvalue weighted by molar-refractivity contribution is -0.136. The Morgan fingerprint density at radius 3 is 2.17 bits per heavy atom. The number of imide groups is 2. The Kier molecular flexibility index (Phi) is 11.7. The number of ether oxygens (including phenoxy) is 1. The van der Waals surface area contributed by atoms with Crippen molar-refractivity contribution in [2.75, 3.05) is 23.7 Å². The molecule has 3 aromatic rings. The molecule has 1 saturated heterocycles. The van der Waals surface area contributed by atoms with Crippen LogP contribution in [0.25, 0.3) is 0 Å². The summed E-state index contributed by atoms with van der Waals surface area (Å²) in [4.78, 5) is 63.5. The Morgan fingerprint density at radius 2 is 1.50 bits per heavy atom. The fourth-order valence-corrected chi connectivity index (χ4v) is 7.05. The van der Waals surface area contributed by atoms with Gasteiger partial charge in [0.05, 0.1) is 27.8 Å². The lowest BCUT2D eigenvalue weighted by atomic mass is 9.92. The Hall–Kier alpha value is -5.41. The van der Waals surface area contributed by atoms with Crippen LogP contribution in [-0.4, -0.2) is 65.7 Å². The molecule has 52 heavy (non-hydrogen) atoms. The molecular weight excluding hydrogens is 684 g/mol. The van der Waals surface area contributed by atoms with Gasteiger partial charge in [0.2, 0.25) is 11.8 Å². The molecule has 2 fully saturated rings. The number of fused-ring (bicyclic) bond motifs is 1. The number of carbonyl (C=O) groups is 5. The van der Waals surface area contributed by atoms with E-state index in [-0.39, 0.29) is 42.0 Å². The van der Waals surface area contributed by atoms with Gasteiger partial charge in [-0.25, -0.2) is 0 Å². The highest BCUT2D eigenvalue weighted by Crippen LogP contribution is 2.30. The molecule has 5 amide bonds. The predicted molar refractivity (Wildman–Crippen MR) is 195 cm³/mol. The highest BCUT2D eigenvalue weighted by molar-refractivity contribution is 6.31. The smallest absolute Gasteiger partial charge is 0.262 e. The maximum absolute atomic E-state index is 13.0. The van der Waals surface area contributed by atoms with E-state index in [2.05, 4.69) is 21.3 Å². The van der Waals surface area contributed by atoms with Crippen molar-refractivity contribution in [2.45, 2.75) is 82.4 Å². The molecule has 2 heterocycles. The Labute approximate surface area is 307 Å². The van der Waals surface area contributed by atoms with E-state index >= 15 is 0 Å². The van der Waals surface area contributed by atoms with Crippen LogP contribution in [0.4, 0.5) is 11.4 Å². The zero-order valence-electron chi connectivity index (χ0n) is 28.7. The van der Waals surface area contributed by atoms with E-state index in [1.165, 1.54) is 0 Å². The summed E-state index contributed by atoms with van der Waals surface area (Å²) >= 11 is 6.12. The maximum atomic E-state index is 13.0. The van der Waals surface area contributed by atoms with Gasteiger partial charge >= 0.3 is 0 Å². The molecule has 0 radical (unpaired) electrons. The average molecular weight is 725 g/mol. The molecule has 0 bridgehead atoms. The van der Waals surface area contributed by atoms with Crippen LogP contribution in [0, 0.1) is 11.3 Å². The number of piperidine rings is 1. The van der Waals surface area contributed by atoms with Gasteiger partial charge in [0.15, 0.2) is 0 Å². The minimum absolute atomic E-state index is 0.0414. The first kappa shape index (κ1) is 36.4. The molecule has 4 N–H and O–H groups in total. The Bertz CT molecular complexity index is 1880. The summed E-state index contributed by atoms with van der Waals surface area (Å²) in [6, 6.07) is 18.8. The van der Waals surface area contributed by atoms with Crippen LogP contribution in [0.3, 0.4) is 0 Å². The van der Waals surface area contributed by atoms with Crippen LogP contribution in [-0.2, 0) is 9.59 Å². The van der Waals surface area contributed by atoms with E-state index in [1.54, 1.807) is 36.4 Å². The molecule has 3 aromatic carbocycles. The number of hydrogen-bond donors (Lipinski definition) is 4. The van der Waals surface area contributed by atoms with E-state index in [4.69, 9.17) is 21.6 Å². The fourth-order valence-electron chi connectivity index (χ4n) is 6.84. The highest BCUT2D eigenvalue weighted by Gasteiger charge is 2.44. The number of rotatable bonds is 14. The molecule has 12 nitrogen and oxygen atoms in total. The summed E-state index contributed by atoms with van der Waals surface area (Å²) in [5.74, 6) is -1.49. The van der Waals surface area contributed by atoms with Gasteiger partial charge in [0.1, 0.15) is 17.9 Å². The number of benzene rings is 3. The first-order chi connectivity index (χ1) is 25.2. The number of unbranched alkanes of at least 4 members (excludes halogenated alkanes) is 3. The zero-order chi connectivity index (χ0) is 36.6. The molecule has 270 valence electrons. The quantitative estimate of drug-likeness (QED) is 0.118. The lowest BCUT2D eigenvalue weighted by Crippen LogP contribution is -2.54. The van der Waals surface area contributed by atoms with Crippen molar-refractivity contribution in [3.63, 3.8) is 0 Å². The zero-order valence-corrected chi connectivity index (χ0v) is 29.5. The third-order valence-corrected chi connectivity index (χ3v) is 10.0. The van der Waals surface area contributed by atoms with Gasteiger partial charge in [-0.3, -0.25) is 34.2 Å². The second-order valence-corrected chi connectivity index (χ2v) is 13.8. The monoisotopic (exact) mass is 724 g/mol. The standard InChI is InChI=1S/C39H41ClN6O6/c40-33-22-30(13-7-25(33)23-41)52-29-14-10-27(11-15-29)44-36(48)24-5-8-26(9-6-24)42-19-3-1-2-4-20-43-28-12-16-31-32(21-28)39(51)46(38(31)50)34-17-18-35(47)45-37(34)49/h5-9,12-13,16,21-22,27,29,34,42-43H,1-4,10-11,14-15,17-20H2,(H,44,48)(H,45,47,49). The number of nitrogens with zero attached hydrogens (tertiary/aromatic N) is 2. The molecule has 1 unspecified atom stereocenters. The molecule has 3 aliphatic rings. The van der Waals surface area contributed by atoms with Crippen molar-refractivity contribution >= 4 is 52.5 Å². The number of nitriles is 1. The van der Waals surface area contributed by atoms with E-state index in [9.17, 15) is 24.0 Å².